The highest BCUT2D eigenvalue weighted by Gasteiger charge is 2.22. The predicted molar refractivity (Wildman–Crippen MR) is 80.1 cm³/mol. The van der Waals surface area contributed by atoms with E-state index in [4.69, 9.17) is 16.9 Å². The maximum Gasteiger partial charge on any atom is 0.185 e. The van der Waals surface area contributed by atoms with Crippen molar-refractivity contribution in [2.75, 3.05) is 6.54 Å². The Morgan fingerprint density at radius 3 is 2.37 bits per heavy atom. The molecule has 2 atom stereocenters. The molecule has 0 aromatic heterocycles. The molecule has 0 rings (SSSR count). The van der Waals surface area contributed by atoms with Crippen LogP contribution in [0.1, 0.15) is 58.8 Å². The molecule has 0 bridgehead atoms. The van der Waals surface area contributed by atoms with Gasteiger partial charge in [0.1, 0.15) is 0 Å². The van der Waals surface area contributed by atoms with Crippen molar-refractivity contribution in [3.63, 3.8) is 0 Å². The van der Waals surface area contributed by atoms with Crippen molar-refractivity contribution in [2.45, 2.75) is 64.8 Å². The Hall–Kier alpha value is -1.10. The van der Waals surface area contributed by atoms with E-state index >= 15 is 0 Å². The van der Waals surface area contributed by atoms with Gasteiger partial charge < -0.3 is 16.8 Å². The number of ketones is 1. The van der Waals surface area contributed by atoms with E-state index in [0.717, 1.165) is 38.5 Å². The molecule has 0 aliphatic rings. The summed E-state index contributed by atoms with van der Waals surface area (Å²) in [4.78, 5) is 12.3. The number of rotatable bonds is 11. The topological polar surface area (TPSA) is 105 Å². The fraction of sp³-hybridized carbons (Fsp3) is 0.857. The van der Waals surface area contributed by atoms with E-state index in [-0.39, 0.29) is 23.7 Å². The monoisotopic (exact) mass is 270 g/mol. The minimum Gasteiger partial charge on any atom is -0.370 e. The van der Waals surface area contributed by atoms with Crippen molar-refractivity contribution in [2.24, 2.45) is 17.4 Å². The molecule has 5 heteroatoms. The number of carbonyl (C=O) groups is 1. The molecule has 6 N–H and O–H groups in total. The first-order valence-corrected chi connectivity index (χ1v) is 7.40. The zero-order valence-electron chi connectivity index (χ0n) is 12.4. The second kappa shape index (κ2) is 10.8. The Bertz CT molecular complexity index is 268. The van der Waals surface area contributed by atoms with E-state index in [2.05, 4.69) is 19.2 Å². The molecule has 1 unspecified atom stereocenters. The summed E-state index contributed by atoms with van der Waals surface area (Å²) in [5.41, 5.74) is 11.2. The number of hydrogen-bond acceptors (Lipinski definition) is 3. The lowest BCUT2D eigenvalue weighted by molar-refractivity contribution is -0.124. The van der Waals surface area contributed by atoms with E-state index in [1.807, 2.05) is 0 Å². The molecule has 0 spiro atoms. The van der Waals surface area contributed by atoms with Crippen LogP contribution in [0.25, 0.3) is 0 Å². The molecule has 0 amide bonds. The fourth-order valence-electron chi connectivity index (χ4n) is 2.22. The Morgan fingerprint density at radius 1 is 1.16 bits per heavy atom. The van der Waals surface area contributed by atoms with Gasteiger partial charge in [0.25, 0.3) is 0 Å². The Morgan fingerprint density at radius 2 is 1.84 bits per heavy atom. The summed E-state index contributed by atoms with van der Waals surface area (Å²) in [7, 11) is 0. The van der Waals surface area contributed by atoms with E-state index in [0.29, 0.717) is 13.0 Å². The quantitative estimate of drug-likeness (QED) is 0.261. The average molecular weight is 270 g/mol. The molecule has 5 nitrogen and oxygen atoms in total. The zero-order valence-corrected chi connectivity index (χ0v) is 12.4. The Balaban J connectivity index is 4.06. The summed E-state index contributed by atoms with van der Waals surface area (Å²) in [5, 5.41) is 9.75. The van der Waals surface area contributed by atoms with Crippen LogP contribution in [0.5, 0.6) is 0 Å². The lowest BCUT2D eigenvalue weighted by Crippen LogP contribution is -2.37. The van der Waals surface area contributed by atoms with Gasteiger partial charge in [-0.1, -0.05) is 33.1 Å². The lowest BCUT2D eigenvalue weighted by atomic mass is 9.88. The molecule has 0 aromatic carbocycles. The SMILES string of the molecule is CCCCC(CCC)C(=O)[C@@H](N)CCCNC(=N)N. The second-order valence-corrected chi connectivity index (χ2v) is 5.12. The van der Waals surface area contributed by atoms with Crippen LogP contribution >= 0.6 is 0 Å². The van der Waals surface area contributed by atoms with Crippen molar-refractivity contribution in [1.82, 2.24) is 5.32 Å². The molecule has 0 aliphatic carbocycles. The van der Waals surface area contributed by atoms with E-state index < -0.39 is 0 Å². The minimum atomic E-state index is -0.373. The predicted octanol–water partition coefficient (Wildman–Crippen LogP) is 1.75. The number of guanidine groups is 1. The van der Waals surface area contributed by atoms with Crippen LogP contribution in [0.3, 0.4) is 0 Å². The number of hydrogen-bond donors (Lipinski definition) is 4. The van der Waals surface area contributed by atoms with Gasteiger partial charge in [0, 0.05) is 12.5 Å². The van der Waals surface area contributed by atoms with Gasteiger partial charge >= 0.3 is 0 Å². The first kappa shape index (κ1) is 17.9. The molecule has 0 radical (unpaired) electrons. The van der Waals surface area contributed by atoms with Crippen LogP contribution in [0.4, 0.5) is 0 Å². The molecular formula is C14H30N4O. The van der Waals surface area contributed by atoms with Gasteiger partial charge in [0.05, 0.1) is 6.04 Å². The van der Waals surface area contributed by atoms with Crippen LogP contribution in [-0.2, 0) is 4.79 Å². The number of Topliss-reactive ketones (excluding diaryl/α,β-unsaturated/α-hetero) is 1. The largest absolute Gasteiger partial charge is 0.370 e. The summed E-state index contributed by atoms with van der Waals surface area (Å²) in [6.45, 7) is 4.85. The Kier molecular flexibility index (Phi) is 10.2. The van der Waals surface area contributed by atoms with Crippen LogP contribution < -0.4 is 16.8 Å². The highest BCUT2D eigenvalue weighted by atomic mass is 16.1. The summed E-state index contributed by atoms with van der Waals surface area (Å²) < 4.78 is 0. The third-order valence-electron chi connectivity index (χ3n) is 3.32. The van der Waals surface area contributed by atoms with Crippen molar-refractivity contribution in [3.05, 3.63) is 0 Å². The third-order valence-corrected chi connectivity index (χ3v) is 3.32. The standard InChI is InChI=1S/C14H30N4O/c1-3-5-8-11(7-4-2)13(19)12(15)9-6-10-18-14(16)17/h11-12H,3-10,15H2,1-2H3,(H4,16,17,18)/t11?,12-/m0/s1. The second-order valence-electron chi connectivity index (χ2n) is 5.12. The van der Waals surface area contributed by atoms with Crippen LogP contribution in [0, 0.1) is 11.3 Å². The summed E-state index contributed by atoms with van der Waals surface area (Å²) in [6, 6.07) is -0.373. The van der Waals surface area contributed by atoms with Crippen molar-refractivity contribution >= 4 is 11.7 Å². The zero-order chi connectivity index (χ0) is 14.7. The molecule has 0 aliphatic heterocycles. The number of nitrogens with one attached hydrogen (secondary N) is 2. The maximum atomic E-state index is 12.3. The molecule has 0 aromatic rings. The fourth-order valence-corrected chi connectivity index (χ4v) is 2.22. The van der Waals surface area contributed by atoms with E-state index in [1.54, 1.807) is 0 Å². The molecule has 19 heavy (non-hydrogen) atoms. The van der Waals surface area contributed by atoms with Crippen LogP contribution in [0.15, 0.2) is 0 Å². The number of unbranched alkanes of at least 4 members (excludes halogenated alkanes) is 1. The molecular weight excluding hydrogens is 240 g/mol. The number of nitrogens with two attached hydrogens (primary N) is 2. The molecule has 112 valence electrons. The van der Waals surface area contributed by atoms with Gasteiger partial charge in [0.15, 0.2) is 11.7 Å². The average Bonchev–Trinajstić information content (AvgIpc) is 2.38. The van der Waals surface area contributed by atoms with Gasteiger partial charge in [0.2, 0.25) is 0 Å². The Labute approximate surface area is 117 Å². The number of carbonyl (C=O) groups excluding carboxylic acids is 1. The van der Waals surface area contributed by atoms with Crippen LogP contribution in [-0.4, -0.2) is 24.3 Å². The molecule has 0 saturated heterocycles. The third kappa shape index (κ3) is 8.59. The van der Waals surface area contributed by atoms with Gasteiger partial charge in [-0.25, -0.2) is 0 Å². The first-order valence-electron chi connectivity index (χ1n) is 7.40. The van der Waals surface area contributed by atoms with Gasteiger partial charge in [-0.3, -0.25) is 10.2 Å². The van der Waals surface area contributed by atoms with Gasteiger partial charge in [-0.05, 0) is 25.7 Å². The maximum absolute atomic E-state index is 12.3. The highest BCUT2D eigenvalue weighted by molar-refractivity contribution is 5.86. The summed E-state index contributed by atoms with van der Waals surface area (Å²) >= 11 is 0. The van der Waals surface area contributed by atoms with E-state index in [1.165, 1.54) is 0 Å². The van der Waals surface area contributed by atoms with Crippen molar-refractivity contribution in [1.29, 1.82) is 5.41 Å². The molecule has 0 fully saturated rings. The highest BCUT2D eigenvalue weighted by Crippen LogP contribution is 2.18. The minimum absolute atomic E-state index is 0.0355. The smallest absolute Gasteiger partial charge is 0.185 e. The summed E-state index contributed by atoms with van der Waals surface area (Å²) in [6.07, 6.45) is 6.56. The van der Waals surface area contributed by atoms with E-state index in [9.17, 15) is 4.79 Å². The lowest BCUT2D eigenvalue weighted by Gasteiger charge is -2.19. The van der Waals surface area contributed by atoms with Gasteiger partial charge in [-0.2, -0.15) is 0 Å². The first-order chi connectivity index (χ1) is 9.02. The summed E-state index contributed by atoms with van der Waals surface area (Å²) in [5.74, 6) is 0.297. The molecule has 0 saturated carbocycles. The van der Waals surface area contributed by atoms with Crippen molar-refractivity contribution in [3.8, 4) is 0 Å². The van der Waals surface area contributed by atoms with Crippen LogP contribution in [0.2, 0.25) is 0 Å². The van der Waals surface area contributed by atoms with Crippen molar-refractivity contribution < 1.29 is 4.79 Å². The molecule has 0 heterocycles. The van der Waals surface area contributed by atoms with Gasteiger partial charge in [-0.15, -0.1) is 0 Å². The normalized spacial score (nSPS) is 13.8.